The number of carbonyl (C=O) groups excluding carboxylic acids is 1. The van der Waals surface area contributed by atoms with E-state index < -0.39 is 0 Å². The van der Waals surface area contributed by atoms with Crippen molar-refractivity contribution in [3.8, 4) is 0 Å². The van der Waals surface area contributed by atoms with Gasteiger partial charge in [-0.2, -0.15) is 0 Å². The zero-order valence-corrected chi connectivity index (χ0v) is 12.8. The summed E-state index contributed by atoms with van der Waals surface area (Å²) in [6.45, 7) is 1.50. The van der Waals surface area contributed by atoms with Gasteiger partial charge in [-0.3, -0.25) is 4.79 Å². The lowest BCUT2D eigenvalue weighted by Crippen LogP contribution is -2.31. The fourth-order valence-electron chi connectivity index (χ4n) is 4.15. The Balaban J connectivity index is 1.66. The summed E-state index contributed by atoms with van der Waals surface area (Å²) in [5, 5.41) is 0. The molecule has 0 saturated heterocycles. The third kappa shape index (κ3) is 2.23. The van der Waals surface area contributed by atoms with Gasteiger partial charge < -0.3 is 4.74 Å². The second-order valence-corrected chi connectivity index (χ2v) is 6.46. The standard InChI is InChI=1S/C20H20O2/c1-13(21)22-16-8-11-18-15(12-16)7-10-19-17-5-3-2-4-14(17)6-9-20(18)19/h2-7,9-10,16,18,20H,8,11-12H2,1H3. The van der Waals surface area contributed by atoms with Crippen LogP contribution in [0.25, 0.3) is 11.6 Å². The van der Waals surface area contributed by atoms with Gasteiger partial charge >= 0.3 is 5.97 Å². The fraction of sp³-hybridized carbons (Fsp3) is 0.350. The lowest BCUT2D eigenvalue weighted by Gasteiger charge is -2.39. The van der Waals surface area contributed by atoms with Crippen LogP contribution in [0.1, 0.15) is 37.3 Å². The molecular formula is C20H20O2. The molecule has 2 heteroatoms. The first kappa shape index (κ1) is 13.6. The number of hydrogen-bond donors (Lipinski definition) is 0. The largest absolute Gasteiger partial charge is 0.462 e. The van der Waals surface area contributed by atoms with Crippen LogP contribution in [0.3, 0.4) is 0 Å². The van der Waals surface area contributed by atoms with Crippen molar-refractivity contribution in [3.63, 3.8) is 0 Å². The predicted octanol–water partition coefficient (Wildman–Crippen LogP) is 4.38. The summed E-state index contributed by atoms with van der Waals surface area (Å²) in [4.78, 5) is 11.2. The number of allylic oxidation sites excluding steroid dienone is 4. The Morgan fingerprint density at radius 1 is 1.18 bits per heavy atom. The highest BCUT2D eigenvalue weighted by Gasteiger charge is 2.36. The molecule has 3 unspecified atom stereocenters. The zero-order chi connectivity index (χ0) is 15.1. The molecule has 1 fully saturated rings. The molecule has 2 nitrogen and oxygen atoms in total. The third-order valence-electron chi connectivity index (χ3n) is 5.10. The quantitative estimate of drug-likeness (QED) is 0.718. The summed E-state index contributed by atoms with van der Waals surface area (Å²) in [5.74, 6) is 0.882. The highest BCUT2D eigenvalue weighted by atomic mass is 16.5. The Morgan fingerprint density at radius 3 is 2.91 bits per heavy atom. The molecule has 0 aliphatic heterocycles. The highest BCUT2D eigenvalue weighted by Crippen LogP contribution is 2.47. The van der Waals surface area contributed by atoms with Gasteiger partial charge in [-0.05, 0) is 35.5 Å². The number of rotatable bonds is 1. The van der Waals surface area contributed by atoms with E-state index in [0.717, 1.165) is 19.3 Å². The molecule has 1 aromatic rings. The molecule has 0 bridgehead atoms. The van der Waals surface area contributed by atoms with Gasteiger partial charge in [-0.25, -0.2) is 0 Å². The molecular weight excluding hydrogens is 272 g/mol. The Labute approximate surface area is 131 Å². The molecule has 3 aliphatic carbocycles. The lowest BCUT2D eigenvalue weighted by atomic mass is 9.66. The van der Waals surface area contributed by atoms with Gasteiger partial charge in [0.05, 0.1) is 0 Å². The Bertz CT molecular complexity index is 708. The number of carbonyl (C=O) groups is 1. The number of esters is 1. The van der Waals surface area contributed by atoms with Gasteiger partial charge in [0.25, 0.3) is 0 Å². The summed E-state index contributed by atoms with van der Waals surface area (Å²) < 4.78 is 5.41. The molecule has 0 spiro atoms. The zero-order valence-electron chi connectivity index (χ0n) is 12.8. The van der Waals surface area contributed by atoms with Crippen LogP contribution in [0.5, 0.6) is 0 Å². The van der Waals surface area contributed by atoms with Crippen molar-refractivity contribution in [3.05, 3.63) is 59.2 Å². The van der Waals surface area contributed by atoms with E-state index in [4.69, 9.17) is 4.74 Å². The van der Waals surface area contributed by atoms with Crippen LogP contribution >= 0.6 is 0 Å². The summed E-state index contributed by atoms with van der Waals surface area (Å²) >= 11 is 0. The Morgan fingerprint density at radius 2 is 2.05 bits per heavy atom. The lowest BCUT2D eigenvalue weighted by molar-refractivity contribution is -0.147. The summed E-state index contributed by atoms with van der Waals surface area (Å²) in [6.07, 6.45) is 12.2. The van der Waals surface area contributed by atoms with Crippen molar-refractivity contribution >= 4 is 17.6 Å². The van der Waals surface area contributed by atoms with Crippen molar-refractivity contribution < 1.29 is 9.53 Å². The van der Waals surface area contributed by atoms with E-state index in [1.54, 1.807) is 0 Å². The molecule has 0 heterocycles. The molecule has 0 amide bonds. The van der Waals surface area contributed by atoms with Gasteiger partial charge in [-0.1, -0.05) is 54.1 Å². The summed E-state index contributed by atoms with van der Waals surface area (Å²) in [7, 11) is 0. The van der Waals surface area contributed by atoms with Crippen LogP contribution in [0.4, 0.5) is 0 Å². The minimum Gasteiger partial charge on any atom is -0.462 e. The van der Waals surface area contributed by atoms with Crippen LogP contribution < -0.4 is 0 Å². The summed E-state index contributed by atoms with van der Waals surface area (Å²) in [5.41, 5.74) is 5.57. The monoisotopic (exact) mass is 292 g/mol. The van der Waals surface area contributed by atoms with Crippen molar-refractivity contribution in [2.75, 3.05) is 0 Å². The SMILES string of the molecule is CC(=O)OC1CCC2C(=CC=C3c4ccccc4C=CC32)C1. The molecule has 1 saturated carbocycles. The molecule has 0 N–H and O–H groups in total. The van der Waals surface area contributed by atoms with Crippen LogP contribution in [-0.4, -0.2) is 12.1 Å². The van der Waals surface area contributed by atoms with E-state index in [1.165, 1.54) is 29.2 Å². The van der Waals surface area contributed by atoms with Gasteiger partial charge in [0.2, 0.25) is 0 Å². The average molecular weight is 292 g/mol. The van der Waals surface area contributed by atoms with Crippen molar-refractivity contribution in [2.24, 2.45) is 11.8 Å². The van der Waals surface area contributed by atoms with Crippen molar-refractivity contribution in [1.29, 1.82) is 0 Å². The molecule has 0 aromatic heterocycles. The van der Waals surface area contributed by atoms with Gasteiger partial charge in [0.1, 0.15) is 6.10 Å². The normalized spacial score (nSPS) is 28.7. The Hall–Kier alpha value is -2.09. The maximum Gasteiger partial charge on any atom is 0.302 e. The van der Waals surface area contributed by atoms with Crippen LogP contribution in [-0.2, 0) is 9.53 Å². The van der Waals surface area contributed by atoms with E-state index in [-0.39, 0.29) is 12.1 Å². The maximum absolute atomic E-state index is 11.2. The minimum absolute atomic E-state index is 0.0646. The van der Waals surface area contributed by atoms with Crippen molar-refractivity contribution in [1.82, 2.24) is 0 Å². The number of ether oxygens (including phenoxy) is 1. The van der Waals surface area contributed by atoms with E-state index >= 15 is 0 Å². The molecule has 112 valence electrons. The van der Waals surface area contributed by atoms with Gasteiger partial charge in [0, 0.05) is 19.3 Å². The topological polar surface area (TPSA) is 26.3 Å². The molecule has 3 atom stereocenters. The molecule has 22 heavy (non-hydrogen) atoms. The van der Waals surface area contributed by atoms with Crippen LogP contribution in [0.15, 0.2) is 48.1 Å². The Kier molecular flexibility index (Phi) is 3.25. The smallest absolute Gasteiger partial charge is 0.302 e. The molecule has 3 aliphatic rings. The number of hydrogen-bond acceptors (Lipinski definition) is 2. The molecule has 0 radical (unpaired) electrons. The van der Waals surface area contributed by atoms with Gasteiger partial charge in [-0.15, -0.1) is 0 Å². The van der Waals surface area contributed by atoms with E-state index in [9.17, 15) is 4.79 Å². The minimum atomic E-state index is -0.164. The fourth-order valence-corrected chi connectivity index (χ4v) is 4.15. The molecule has 1 aromatic carbocycles. The second kappa shape index (κ2) is 5.28. The maximum atomic E-state index is 11.2. The van der Waals surface area contributed by atoms with E-state index in [1.807, 2.05) is 0 Å². The van der Waals surface area contributed by atoms with E-state index in [2.05, 4.69) is 48.6 Å². The van der Waals surface area contributed by atoms with Crippen molar-refractivity contribution in [2.45, 2.75) is 32.3 Å². The average Bonchev–Trinajstić information content (AvgIpc) is 2.53. The van der Waals surface area contributed by atoms with Gasteiger partial charge in [0.15, 0.2) is 0 Å². The third-order valence-corrected chi connectivity index (χ3v) is 5.10. The molecule has 4 rings (SSSR count). The van der Waals surface area contributed by atoms with E-state index in [0.29, 0.717) is 11.8 Å². The number of benzene rings is 1. The van der Waals surface area contributed by atoms with Crippen LogP contribution in [0, 0.1) is 11.8 Å². The van der Waals surface area contributed by atoms with Crippen LogP contribution in [0.2, 0.25) is 0 Å². The first-order valence-corrected chi connectivity index (χ1v) is 8.08. The highest BCUT2D eigenvalue weighted by molar-refractivity contribution is 5.83. The summed E-state index contributed by atoms with van der Waals surface area (Å²) in [6, 6.07) is 8.62. The predicted molar refractivity (Wildman–Crippen MR) is 87.9 cm³/mol. The second-order valence-electron chi connectivity index (χ2n) is 6.46. The number of fused-ring (bicyclic) bond motifs is 5. The first-order valence-electron chi connectivity index (χ1n) is 8.08. The first-order chi connectivity index (χ1) is 10.7.